The summed E-state index contributed by atoms with van der Waals surface area (Å²) in [5, 5.41) is 5.44. The molecule has 0 aliphatic carbocycles. The van der Waals surface area contributed by atoms with Gasteiger partial charge in [-0.05, 0) is 37.4 Å². The Morgan fingerprint density at radius 3 is 2.48 bits per heavy atom. The number of furan rings is 1. The maximum atomic E-state index is 13.6. The van der Waals surface area contributed by atoms with Gasteiger partial charge in [-0.3, -0.25) is 14.5 Å². The number of likely N-dealkylation sites (N-methyl/N-ethyl adjacent to an activating group) is 1. The van der Waals surface area contributed by atoms with Gasteiger partial charge < -0.3 is 15.1 Å². The first-order valence-electron chi connectivity index (χ1n) is 9.13. The predicted molar refractivity (Wildman–Crippen MR) is 101 cm³/mol. The van der Waals surface area contributed by atoms with Gasteiger partial charge in [-0.2, -0.15) is 0 Å². The minimum absolute atomic E-state index is 0.0303. The molecule has 1 atom stereocenters. The highest BCUT2D eigenvalue weighted by Gasteiger charge is 2.21. The lowest BCUT2D eigenvalue weighted by molar-refractivity contribution is -0.121. The fourth-order valence-electron chi connectivity index (χ4n) is 2.88. The second-order valence-corrected chi connectivity index (χ2v) is 6.04. The van der Waals surface area contributed by atoms with Crippen molar-refractivity contribution in [2.45, 2.75) is 26.3 Å². The molecule has 2 N–H and O–H groups in total. The first-order valence-corrected chi connectivity index (χ1v) is 9.13. The molecule has 6 nitrogen and oxygen atoms in total. The molecule has 0 spiro atoms. The van der Waals surface area contributed by atoms with Crippen LogP contribution in [-0.4, -0.2) is 42.9 Å². The number of rotatable bonds is 10. The van der Waals surface area contributed by atoms with Crippen molar-refractivity contribution in [1.29, 1.82) is 0 Å². The molecule has 0 aliphatic heterocycles. The summed E-state index contributed by atoms with van der Waals surface area (Å²) in [5.41, 5.74) is -0.0303. The molecule has 0 saturated heterocycles. The average Bonchev–Trinajstić information content (AvgIpc) is 3.19. The first kappa shape index (κ1) is 20.6. The van der Waals surface area contributed by atoms with E-state index in [1.54, 1.807) is 12.3 Å². The minimum atomic E-state index is -0.583. The highest BCUT2D eigenvalue weighted by atomic mass is 19.1. The second kappa shape index (κ2) is 10.5. The molecule has 1 aromatic heterocycles. The van der Waals surface area contributed by atoms with Crippen LogP contribution in [0, 0.1) is 5.82 Å². The maximum absolute atomic E-state index is 13.6. The number of hydrogen-bond donors (Lipinski definition) is 2. The Morgan fingerprint density at radius 1 is 1.11 bits per heavy atom. The van der Waals surface area contributed by atoms with Crippen molar-refractivity contribution < 1.29 is 18.4 Å². The lowest BCUT2D eigenvalue weighted by Crippen LogP contribution is -2.39. The Labute approximate surface area is 158 Å². The van der Waals surface area contributed by atoms with Gasteiger partial charge in [0.25, 0.3) is 5.91 Å². The molecule has 7 heteroatoms. The van der Waals surface area contributed by atoms with E-state index in [2.05, 4.69) is 29.4 Å². The van der Waals surface area contributed by atoms with Crippen molar-refractivity contribution in [2.24, 2.45) is 0 Å². The molecule has 146 valence electrons. The van der Waals surface area contributed by atoms with Gasteiger partial charge in [-0.25, -0.2) is 4.39 Å². The number of carbonyl (C=O) groups is 2. The summed E-state index contributed by atoms with van der Waals surface area (Å²) in [4.78, 5) is 26.2. The van der Waals surface area contributed by atoms with E-state index in [1.165, 1.54) is 18.2 Å². The topological polar surface area (TPSA) is 74.6 Å². The van der Waals surface area contributed by atoms with Crippen LogP contribution in [-0.2, 0) is 4.79 Å². The monoisotopic (exact) mass is 375 g/mol. The van der Waals surface area contributed by atoms with Crippen molar-refractivity contribution in [3.05, 3.63) is 59.8 Å². The minimum Gasteiger partial charge on any atom is -0.468 e. The SMILES string of the molecule is CCN(CC)C(CNC(=O)CCNC(=O)c1ccccc1F)c1ccco1. The molecule has 0 fully saturated rings. The molecule has 2 rings (SSSR count). The molecule has 1 heterocycles. The summed E-state index contributed by atoms with van der Waals surface area (Å²) >= 11 is 0. The van der Waals surface area contributed by atoms with Gasteiger partial charge in [0.1, 0.15) is 11.6 Å². The lowest BCUT2D eigenvalue weighted by Gasteiger charge is -2.28. The van der Waals surface area contributed by atoms with E-state index < -0.39 is 11.7 Å². The molecule has 0 aliphatic rings. The van der Waals surface area contributed by atoms with Crippen LogP contribution < -0.4 is 10.6 Å². The van der Waals surface area contributed by atoms with E-state index in [0.717, 1.165) is 18.8 Å². The zero-order valence-corrected chi connectivity index (χ0v) is 15.7. The van der Waals surface area contributed by atoms with Crippen LogP contribution in [0.25, 0.3) is 0 Å². The number of nitrogens with one attached hydrogen (secondary N) is 2. The number of halogens is 1. The number of benzene rings is 1. The molecule has 2 amide bonds. The molecule has 2 aromatic rings. The Balaban J connectivity index is 1.81. The van der Waals surface area contributed by atoms with Crippen molar-refractivity contribution in [3.8, 4) is 0 Å². The lowest BCUT2D eigenvalue weighted by atomic mass is 10.1. The first-order chi connectivity index (χ1) is 13.1. The third kappa shape index (κ3) is 5.92. The van der Waals surface area contributed by atoms with Crippen LogP contribution >= 0.6 is 0 Å². The molecule has 0 radical (unpaired) electrons. The van der Waals surface area contributed by atoms with E-state index in [9.17, 15) is 14.0 Å². The number of nitrogens with zero attached hydrogens (tertiary/aromatic N) is 1. The third-order valence-corrected chi connectivity index (χ3v) is 4.37. The van der Waals surface area contributed by atoms with Crippen molar-refractivity contribution in [2.75, 3.05) is 26.2 Å². The standard InChI is InChI=1S/C20H26FN3O3/c1-3-24(4-2)17(18-10-7-13-27-18)14-23-19(25)11-12-22-20(26)15-8-5-6-9-16(15)21/h5-10,13,17H,3-4,11-12,14H2,1-2H3,(H,22,26)(H,23,25). The number of amides is 2. The number of hydrogen-bond acceptors (Lipinski definition) is 4. The summed E-state index contributed by atoms with van der Waals surface area (Å²) in [7, 11) is 0. The van der Waals surface area contributed by atoms with Crippen LogP contribution in [0.2, 0.25) is 0 Å². The molecular weight excluding hydrogens is 349 g/mol. The maximum Gasteiger partial charge on any atom is 0.254 e. The van der Waals surface area contributed by atoms with Crippen LogP contribution in [0.5, 0.6) is 0 Å². The van der Waals surface area contributed by atoms with Gasteiger partial charge in [0.2, 0.25) is 5.91 Å². The van der Waals surface area contributed by atoms with Gasteiger partial charge in [0.15, 0.2) is 0 Å². The Kier molecular flexibility index (Phi) is 8.00. The fraction of sp³-hybridized carbons (Fsp3) is 0.400. The van der Waals surface area contributed by atoms with Crippen LogP contribution in [0.15, 0.2) is 47.1 Å². The predicted octanol–water partition coefficient (Wildman–Crippen LogP) is 2.74. The average molecular weight is 375 g/mol. The second-order valence-electron chi connectivity index (χ2n) is 6.04. The van der Waals surface area contributed by atoms with Gasteiger partial charge in [0.05, 0.1) is 17.9 Å². The van der Waals surface area contributed by atoms with Gasteiger partial charge in [-0.1, -0.05) is 26.0 Å². The van der Waals surface area contributed by atoms with E-state index in [1.807, 2.05) is 12.1 Å². The highest BCUT2D eigenvalue weighted by molar-refractivity contribution is 5.94. The fourth-order valence-corrected chi connectivity index (χ4v) is 2.88. The normalized spacial score (nSPS) is 12.0. The zero-order valence-electron chi connectivity index (χ0n) is 15.7. The van der Waals surface area contributed by atoms with Gasteiger partial charge in [0, 0.05) is 19.5 Å². The quantitative estimate of drug-likeness (QED) is 0.670. The van der Waals surface area contributed by atoms with Crippen LogP contribution in [0.3, 0.4) is 0 Å². The van der Waals surface area contributed by atoms with Crippen molar-refractivity contribution in [3.63, 3.8) is 0 Å². The summed E-state index contributed by atoms with van der Waals surface area (Å²) in [6.07, 6.45) is 1.73. The summed E-state index contributed by atoms with van der Waals surface area (Å²) in [6.45, 7) is 6.32. The number of carbonyl (C=O) groups excluding carboxylic acids is 2. The van der Waals surface area contributed by atoms with E-state index in [-0.39, 0.29) is 30.5 Å². The van der Waals surface area contributed by atoms with E-state index in [0.29, 0.717) is 6.54 Å². The van der Waals surface area contributed by atoms with Gasteiger partial charge >= 0.3 is 0 Å². The highest BCUT2D eigenvalue weighted by Crippen LogP contribution is 2.20. The molecule has 1 aromatic carbocycles. The molecular formula is C20H26FN3O3. The van der Waals surface area contributed by atoms with Gasteiger partial charge in [-0.15, -0.1) is 0 Å². The summed E-state index contributed by atoms with van der Waals surface area (Å²) < 4.78 is 19.1. The van der Waals surface area contributed by atoms with E-state index in [4.69, 9.17) is 4.42 Å². The Hall–Kier alpha value is -2.67. The largest absolute Gasteiger partial charge is 0.468 e. The van der Waals surface area contributed by atoms with Crippen molar-refractivity contribution in [1.82, 2.24) is 15.5 Å². The Bertz CT molecular complexity index is 730. The van der Waals surface area contributed by atoms with Crippen molar-refractivity contribution >= 4 is 11.8 Å². The summed E-state index contributed by atoms with van der Waals surface area (Å²) in [5.74, 6) is -0.503. The smallest absolute Gasteiger partial charge is 0.254 e. The Morgan fingerprint density at radius 2 is 1.85 bits per heavy atom. The zero-order chi connectivity index (χ0) is 19.6. The third-order valence-electron chi connectivity index (χ3n) is 4.37. The van der Waals surface area contributed by atoms with Crippen LogP contribution in [0.4, 0.5) is 4.39 Å². The molecule has 1 unspecified atom stereocenters. The summed E-state index contributed by atoms with van der Waals surface area (Å²) in [6, 6.07) is 9.41. The van der Waals surface area contributed by atoms with Crippen LogP contribution in [0.1, 0.15) is 42.4 Å². The molecule has 0 saturated carbocycles. The van der Waals surface area contributed by atoms with E-state index >= 15 is 0 Å². The molecule has 0 bridgehead atoms. The molecule has 27 heavy (non-hydrogen) atoms.